The molecule has 0 heterocycles. The maximum atomic E-state index is 9.92. The fraction of sp³-hybridized carbons (Fsp3) is 0.250. The average Bonchev–Trinajstić information content (AvgIpc) is 1.59. The lowest BCUT2D eigenvalue weighted by molar-refractivity contribution is -0.131. The number of carboxylic acid groups (broad SMARTS) is 1. The molecule has 0 aromatic heterocycles. The zero-order chi connectivity index (χ0) is 8.20. The van der Waals surface area contributed by atoms with E-state index in [1.165, 1.54) is 0 Å². The van der Waals surface area contributed by atoms with E-state index in [4.69, 9.17) is 9.66 Å². The summed E-state index contributed by atoms with van der Waals surface area (Å²) in [5.41, 5.74) is 0. The maximum Gasteiger partial charge on any atom is 0.328 e. The highest BCUT2D eigenvalue weighted by molar-refractivity contribution is 7.85. The van der Waals surface area contributed by atoms with E-state index in [1.807, 2.05) is 0 Å². The Balaban J connectivity index is 3.88. The molecule has 0 aliphatic rings. The molecule has 5 nitrogen and oxygen atoms in total. The van der Waals surface area contributed by atoms with Crippen molar-refractivity contribution in [3.05, 3.63) is 12.2 Å². The summed E-state index contributed by atoms with van der Waals surface area (Å²) in [7, 11) is -4.07. The molecule has 10 heavy (non-hydrogen) atoms. The first-order valence-electron chi connectivity index (χ1n) is 2.26. The van der Waals surface area contributed by atoms with Crippen molar-refractivity contribution in [2.45, 2.75) is 0 Å². The second-order valence-electron chi connectivity index (χ2n) is 1.49. The third kappa shape index (κ3) is 7.12. The van der Waals surface area contributed by atoms with Gasteiger partial charge < -0.3 is 5.11 Å². The van der Waals surface area contributed by atoms with Gasteiger partial charge in [0.25, 0.3) is 10.1 Å². The summed E-state index contributed by atoms with van der Waals surface area (Å²) < 4.78 is 27.9. The van der Waals surface area contributed by atoms with Gasteiger partial charge >= 0.3 is 5.97 Å². The molecule has 0 radical (unpaired) electrons. The van der Waals surface area contributed by atoms with Crippen LogP contribution in [0.4, 0.5) is 0 Å². The Kier molecular flexibility index (Phi) is 3.04. The Morgan fingerprint density at radius 1 is 1.50 bits per heavy atom. The minimum Gasteiger partial charge on any atom is -0.478 e. The van der Waals surface area contributed by atoms with E-state index in [0.717, 1.165) is 6.08 Å². The molecular weight excluding hydrogens is 160 g/mol. The Bertz CT molecular complexity index is 236. The topological polar surface area (TPSA) is 91.7 Å². The molecule has 0 aliphatic carbocycles. The highest BCUT2D eigenvalue weighted by Gasteiger charge is 1.98. The smallest absolute Gasteiger partial charge is 0.328 e. The highest BCUT2D eigenvalue weighted by atomic mass is 32.2. The standard InChI is InChI=1S/C4H6O5S/c5-4(6)2-1-3-10(7,8)9/h1-2H,3H2,(H,5,6)(H,7,8,9)/b2-1+. The summed E-state index contributed by atoms with van der Waals surface area (Å²) in [6.45, 7) is 0. The van der Waals surface area contributed by atoms with Crippen LogP contribution in [-0.4, -0.2) is 29.8 Å². The molecule has 0 atom stereocenters. The summed E-state index contributed by atoms with van der Waals surface area (Å²) in [6.07, 6.45) is 1.49. The summed E-state index contributed by atoms with van der Waals surface area (Å²) >= 11 is 0. The summed E-state index contributed by atoms with van der Waals surface area (Å²) in [6, 6.07) is 0. The van der Waals surface area contributed by atoms with Crippen molar-refractivity contribution in [2.75, 3.05) is 5.75 Å². The van der Waals surface area contributed by atoms with E-state index in [0.29, 0.717) is 6.08 Å². The second-order valence-corrected chi connectivity index (χ2v) is 2.99. The molecule has 0 unspecified atom stereocenters. The highest BCUT2D eigenvalue weighted by Crippen LogP contribution is 1.82. The van der Waals surface area contributed by atoms with Crippen LogP contribution in [0.1, 0.15) is 0 Å². The van der Waals surface area contributed by atoms with Crippen LogP contribution in [-0.2, 0) is 14.9 Å². The van der Waals surface area contributed by atoms with Crippen molar-refractivity contribution < 1.29 is 22.9 Å². The molecule has 0 aromatic rings. The van der Waals surface area contributed by atoms with Crippen molar-refractivity contribution in [1.29, 1.82) is 0 Å². The van der Waals surface area contributed by atoms with Crippen molar-refractivity contribution in [3.8, 4) is 0 Å². The van der Waals surface area contributed by atoms with Crippen LogP contribution in [0.5, 0.6) is 0 Å². The minimum absolute atomic E-state index is 0.647. The van der Waals surface area contributed by atoms with E-state index in [1.54, 1.807) is 0 Å². The van der Waals surface area contributed by atoms with Crippen molar-refractivity contribution in [3.63, 3.8) is 0 Å². The predicted octanol–water partition coefficient (Wildman–Crippen LogP) is -0.485. The van der Waals surface area contributed by atoms with Crippen LogP contribution in [0.3, 0.4) is 0 Å². The van der Waals surface area contributed by atoms with Crippen LogP contribution in [0.2, 0.25) is 0 Å². The lowest BCUT2D eigenvalue weighted by atomic mass is 10.5. The van der Waals surface area contributed by atoms with Gasteiger partial charge in [-0.15, -0.1) is 0 Å². The number of hydrogen-bond acceptors (Lipinski definition) is 3. The SMILES string of the molecule is O=C(O)/C=C/CS(=O)(=O)O. The van der Waals surface area contributed by atoms with Gasteiger partial charge in [-0.05, 0) is 0 Å². The zero-order valence-corrected chi connectivity index (χ0v) is 5.71. The fourth-order valence-corrected chi connectivity index (χ4v) is 0.610. The first-order valence-corrected chi connectivity index (χ1v) is 3.87. The van der Waals surface area contributed by atoms with Gasteiger partial charge in [0, 0.05) is 6.08 Å². The largest absolute Gasteiger partial charge is 0.478 e. The number of rotatable bonds is 3. The van der Waals surface area contributed by atoms with Crippen LogP contribution in [0.25, 0.3) is 0 Å². The molecule has 0 aliphatic heterocycles. The maximum absolute atomic E-state index is 9.92. The van der Waals surface area contributed by atoms with Gasteiger partial charge in [0.15, 0.2) is 0 Å². The quantitative estimate of drug-likeness (QED) is 0.436. The third-order valence-corrected chi connectivity index (χ3v) is 1.18. The normalized spacial score (nSPS) is 12.1. The Morgan fingerprint density at radius 2 is 2.00 bits per heavy atom. The van der Waals surface area contributed by atoms with E-state index >= 15 is 0 Å². The number of carbonyl (C=O) groups is 1. The predicted molar refractivity (Wildman–Crippen MR) is 33.2 cm³/mol. The molecule has 0 rings (SSSR count). The third-order valence-electron chi connectivity index (χ3n) is 0.567. The fourth-order valence-electron chi connectivity index (χ4n) is 0.271. The van der Waals surface area contributed by atoms with Gasteiger partial charge in [0.1, 0.15) is 0 Å². The zero-order valence-electron chi connectivity index (χ0n) is 4.89. The van der Waals surface area contributed by atoms with Gasteiger partial charge in [0.2, 0.25) is 0 Å². The van der Waals surface area contributed by atoms with Gasteiger partial charge in [-0.1, -0.05) is 6.08 Å². The summed E-state index contributed by atoms with van der Waals surface area (Å²) in [4.78, 5) is 9.72. The van der Waals surface area contributed by atoms with Gasteiger partial charge in [-0.3, -0.25) is 4.55 Å². The molecule has 0 saturated heterocycles. The molecule has 2 N–H and O–H groups in total. The van der Waals surface area contributed by atoms with Crippen molar-refractivity contribution >= 4 is 16.1 Å². The van der Waals surface area contributed by atoms with Crippen molar-refractivity contribution in [2.24, 2.45) is 0 Å². The Morgan fingerprint density at radius 3 is 2.30 bits per heavy atom. The Hall–Kier alpha value is -0.880. The lowest BCUT2D eigenvalue weighted by Crippen LogP contribution is -2.01. The molecule has 58 valence electrons. The van der Waals surface area contributed by atoms with Gasteiger partial charge in [-0.25, -0.2) is 4.79 Å². The van der Waals surface area contributed by atoms with E-state index in [-0.39, 0.29) is 0 Å². The molecule has 0 aromatic carbocycles. The number of aliphatic carboxylic acids is 1. The average molecular weight is 166 g/mol. The number of carboxylic acids is 1. The summed E-state index contributed by atoms with van der Waals surface area (Å²) in [5, 5.41) is 7.95. The molecule has 0 amide bonds. The van der Waals surface area contributed by atoms with E-state index in [9.17, 15) is 13.2 Å². The molecule has 0 fully saturated rings. The van der Waals surface area contributed by atoms with Crippen LogP contribution < -0.4 is 0 Å². The molecular formula is C4H6O5S. The molecule has 0 spiro atoms. The summed E-state index contributed by atoms with van der Waals surface area (Å²) in [5.74, 6) is -1.91. The van der Waals surface area contributed by atoms with E-state index < -0.39 is 21.8 Å². The van der Waals surface area contributed by atoms with Gasteiger partial charge in [0.05, 0.1) is 5.75 Å². The van der Waals surface area contributed by atoms with Crippen molar-refractivity contribution in [1.82, 2.24) is 0 Å². The minimum atomic E-state index is -4.07. The van der Waals surface area contributed by atoms with E-state index in [2.05, 4.69) is 0 Å². The Labute approximate surface area is 57.7 Å². The van der Waals surface area contributed by atoms with Gasteiger partial charge in [-0.2, -0.15) is 8.42 Å². The van der Waals surface area contributed by atoms with Crippen LogP contribution in [0.15, 0.2) is 12.2 Å². The van der Waals surface area contributed by atoms with Crippen LogP contribution >= 0.6 is 0 Å². The second kappa shape index (κ2) is 3.33. The number of hydrogen-bond donors (Lipinski definition) is 2. The first-order chi connectivity index (χ1) is 4.42. The lowest BCUT2D eigenvalue weighted by Gasteiger charge is -1.84. The van der Waals surface area contributed by atoms with Crippen LogP contribution in [0, 0.1) is 0 Å². The molecule has 0 saturated carbocycles. The first kappa shape index (κ1) is 9.12. The monoisotopic (exact) mass is 166 g/mol. The molecule has 6 heteroatoms. The molecule has 0 bridgehead atoms.